The van der Waals surface area contributed by atoms with Crippen molar-refractivity contribution in [1.82, 2.24) is 0 Å². The van der Waals surface area contributed by atoms with Gasteiger partial charge < -0.3 is 14.6 Å². The number of alkyl halides is 2. The lowest BCUT2D eigenvalue weighted by Crippen LogP contribution is -2.14. The maximum atomic E-state index is 12.8. The average Bonchev–Trinajstić information content (AvgIpc) is 2.72. The number of aliphatic carboxylic acids is 1. The fourth-order valence-corrected chi connectivity index (χ4v) is 1.68. The van der Waals surface area contributed by atoms with Gasteiger partial charge in [0.05, 0.1) is 12.3 Å². The molecule has 0 amide bonds. The number of carboxylic acid groups (broad SMARTS) is 1. The molecular formula is C11H10F2O4. The number of hydrogen-bond acceptors (Lipinski definition) is 3. The molecule has 0 fully saturated rings. The molecule has 92 valence electrons. The zero-order chi connectivity index (χ0) is 12.4. The van der Waals surface area contributed by atoms with E-state index >= 15 is 0 Å². The van der Waals surface area contributed by atoms with Crippen LogP contribution in [0.2, 0.25) is 0 Å². The van der Waals surface area contributed by atoms with Crippen molar-refractivity contribution in [2.24, 2.45) is 0 Å². The van der Waals surface area contributed by atoms with Crippen LogP contribution in [0.4, 0.5) is 8.78 Å². The van der Waals surface area contributed by atoms with Crippen LogP contribution >= 0.6 is 0 Å². The predicted octanol–water partition coefficient (Wildman–Crippen LogP) is 2.24. The molecule has 1 atom stereocenters. The number of carbonyl (C=O) groups is 1. The molecule has 17 heavy (non-hydrogen) atoms. The maximum absolute atomic E-state index is 12.8. The van der Waals surface area contributed by atoms with Crippen molar-refractivity contribution >= 4 is 5.97 Å². The van der Waals surface area contributed by atoms with Gasteiger partial charge in [-0.3, -0.25) is 4.79 Å². The SMILES string of the molecule is O=C(O)CC(c1ccc2c(c1)OCO2)C(F)F. The first-order valence-electron chi connectivity index (χ1n) is 4.97. The fraction of sp³-hybridized carbons (Fsp3) is 0.364. The van der Waals surface area contributed by atoms with Gasteiger partial charge in [-0.15, -0.1) is 0 Å². The van der Waals surface area contributed by atoms with E-state index in [1.807, 2.05) is 0 Å². The molecule has 0 aromatic heterocycles. The van der Waals surface area contributed by atoms with Gasteiger partial charge in [0, 0.05) is 0 Å². The molecule has 0 aliphatic carbocycles. The second-order valence-corrected chi connectivity index (χ2v) is 3.65. The van der Waals surface area contributed by atoms with Crippen LogP contribution in [0.15, 0.2) is 18.2 Å². The molecule has 2 rings (SSSR count). The third kappa shape index (κ3) is 2.46. The molecule has 1 aromatic carbocycles. The van der Waals surface area contributed by atoms with Crippen molar-refractivity contribution in [3.63, 3.8) is 0 Å². The van der Waals surface area contributed by atoms with Gasteiger partial charge in [-0.2, -0.15) is 0 Å². The Bertz CT molecular complexity index is 433. The molecule has 1 aromatic rings. The highest BCUT2D eigenvalue weighted by atomic mass is 19.3. The summed E-state index contributed by atoms with van der Waals surface area (Å²) in [7, 11) is 0. The van der Waals surface area contributed by atoms with Crippen molar-refractivity contribution in [1.29, 1.82) is 0 Å². The van der Waals surface area contributed by atoms with Crippen LogP contribution < -0.4 is 9.47 Å². The van der Waals surface area contributed by atoms with Gasteiger partial charge in [0.1, 0.15) is 0 Å². The van der Waals surface area contributed by atoms with Gasteiger partial charge in [0.15, 0.2) is 11.5 Å². The van der Waals surface area contributed by atoms with E-state index in [0.29, 0.717) is 11.5 Å². The molecule has 1 heterocycles. The van der Waals surface area contributed by atoms with Crippen LogP contribution in [0.25, 0.3) is 0 Å². The Hall–Kier alpha value is -1.85. The van der Waals surface area contributed by atoms with E-state index in [-0.39, 0.29) is 12.4 Å². The van der Waals surface area contributed by atoms with Crippen LogP contribution in [0, 0.1) is 0 Å². The summed E-state index contributed by atoms with van der Waals surface area (Å²) in [6, 6.07) is 4.35. The molecule has 0 radical (unpaired) electrons. The van der Waals surface area contributed by atoms with Crippen LogP contribution in [0.5, 0.6) is 11.5 Å². The quantitative estimate of drug-likeness (QED) is 0.882. The number of ether oxygens (including phenoxy) is 2. The number of hydrogen-bond donors (Lipinski definition) is 1. The second-order valence-electron chi connectivity index (χ2n) is 3.65. The fourth-order valence-electron chi connectivity index (χ4n) is 1.68. The average molecular weight is 244 g/mol. The maximum Gasteiger partial charge on any atom is 0.304 e. The lowest BCUT2D eigenvalue weighted by Gasteiger charge is -2.14. The van der Waals surface area contributed by atoms with Crippen molar-refractivity contribution in [2.75, 3.05) is 6.79 Å². The highest BCUT2D eigenvalue weighted by Crippen LogP contribution is 2.37. The molecule has 0 spiro atoms. The third-order valence-electron chi connectivity index (χ3n) is 2.52. The normalized spacial score (nSPS) is 15.0. The molecule has 4 nitrogen and oxygen atoms in total. The predicted molar refractivity (Wildman–Crippen MR) is 53.6 cm³/mol. The number of carboxylic acids is 1. The van der Waals surface area contributed by atoms with Gasteiger partial charge in [0.2, 0.25) is 13.2 Å². The Morgan fingerprint density at radius 1 is 1.35 bits per heavy atom. The smallest absolute Gasteiger partial charge is 0.304 e. The first kappa shape index (κ1) is 11.6. The largest absolute Gasteiger partial charge is 0.481 e. The summed E-state index contributed by atoms with van der Waals surface area (Å²) < 4.78 is 35.6. The first-order valence-corrected chi connectivity index (χ1v) is 4.97. The van der Waals surface area contributed by atoms with E-state index in [0.717, 1.165) is 0 Å². The molecule has 6 heteroatoms. The molecule has 1 aliphatic rings. The summed E-state index contributed by atoms with van der Waals surface area (Å²) in [6.07, 6.45) is -3.34. The second kappa shape index (κ2) is 4.57. The van der Waals surface area contributed by atoms with Crippen LogP contribution in [-0.2, 0) is 4.79 Å². The number of rotatable bonds is 4. The molecule has 1 unspecified atom stereocenters. The molecule has 1 aliphatic heterocycles. The van der Waals surface area contributed by atoms with Crippen molar-refractivity contribution in [3.8, 4) is 11.5 Å². The van der Waals surface area contributed by atoms with Gasteiger partial charge in [-0.05, 0) is 17.7 Å². The minimum atomic E-state index is -2.73. The van der Waals surface area contributed by atoms with Crippen LogP contribution in [0.1, 0.15) is 17.9 Å². The number of halogens is 2. The minimum absolute atomic E-state index is 0.0526. The molecule has 0 saturated heterocycles. The van der Waals surface area contributed by atoms with Gasteiger partial charge >= 0.3 is 5.97 Å². The Balaban J connectivity index is 2.27. The highest BCUT2D eigenvalue weighted by molar-refractivity contribution is 5.68. The Labute approximate surface area is 95.8 Å². The van der Waals surface area contributed by atoms with E-state index in [9.17, 15) is 13.6 Å². The van der Waals surface area contributed by atoms with E-state index < -0.39 is 24.7 Å². The summed E-state index contributed by atoms with van der Waals surface area (Å²) in [4.78, 5) is 10.5. The van der Waals surface area contributed by atoms with Gasteiger partial charge in [-0.25, -0.2) is 8.78 Å². The van der Waals surface area contributed by atoms with Crippen LogP contribution in [-0.4, -0.2) is 24.3 Å². The van der Waals surface area contributed by atoms with Crippen LogP contribution in [0.3, 0.4) is 0 Å². The lowest BCUT2D eigenvalue weighted by molar-refractivity contribution is -0.138. The Morgan fingerprint density at radius 2 is 2.06 bits per heavy atom. The zero-order valence-electron chi connectivity index (χ0n) is 8.73. The van der Waals surface area contributed by atoms with Crippen molar-refractivity contribution < 1.29 is 28.2 Å². The highest BCUT2D eigenvalue weighted by Gasteiger charge is 2.27. The van der Waals surface area contributed by atoms with E-state index in [1.165, 1.54) is 18.2 Å². The lowest BCUT2D eigenvalue weighted by atomic mass is 9.96. The minimum Gasteiger partial charge on any atom is -0.481 e. The number of fused-ring (bicyclic) bond motifs is 1. The molecular weight excluding hydrogens is 234 g/mol. The summed E-state index contributed by atoms with van der Waals surface area (Å²) in [6.45, 7) is 0.0526. The molecule has 1 N–H and O–H groups in total. The van der Waals surface area contributed by atoms with E-state index in [1.54, 1.807) is 0 Å². The Kier molecular flexibility index (Phi) is 3.12. The van der Waals surface area contributed by atoms with Crippen molar-refractivity contribution in [3.05, 3.63) is 23.8 Å². The summed E-state index contributed by atoms with van der Waals surface area (Å²) >= 11 is 0. The first-order chi connectivity index (χ1) is 8.08. The third-order valence-corrected chi connectivity index (χ3v) is 2.52. The topological polar surface area (TPSA) is 55.8 Å². The molecule has 0 saturated carbocycles. The molecule has 0 bridgehead atoms. The van der Waals surface area contributed by atoms with E-state index in [2.05, 4.69) is 0 Å². The zero-order valence-corrected chi connectivity index (χ0v) is 8.73. The Morgan fingerprint density at radius 3 is 2.71 bits per heavy atom. The monoisotopic (exact) mass is 244 g/mol. The summed E-state index contributed by atoms with van der Waals surface area (Å²) in [5, 5.41) is 8.60. The number of benzene rings is 1. The summed E-state index contributed by atoms with van der Waals surface area (Å²) in [5.41, 5.74) is 0.242. The summed E-state index contributed by atoms with van der Waals surface area (Å²) in [5.74, 6) is -1.73. The van der Waals surface area contributed by atoms with Crippen molar-refractivity contribution in [2.45, 2.75) is 18.8 Å². The van der Waals surface area contributed by atoms with Gasteiger partial charge in [0.25, 0.3) is 0 Å². The standard InChI is InChI=1S/C11H10F2O4/c12-11(13)7(4-10(14)15)6-1-2-8-9(3-6)17-5-16-8/h1-3,7,11H,4-5H2,(H,14,15). The van der Waals surface area contributed by atoms with E-state index in [4.69, 9.17) is 14.6 Å². The van der Waals surface area contributed by atoms with Gasteiger partial charge in [-0.1, -0.05) is 6.07 Å².